The van der Waals surface area contributed by atoms with Crippen LogP contribution in [0, 0.1) is 0 Å². The van der Waals surface area contributed by atoms with Gasteiger partial charge in [0, 0.05) is 31.5 Å². The lowest BCUT2D eigenvalue weighted by Crippen LogP contribution is -2.45. The highest BCUT2D eigenvalue weighted by Gasteiger charge is 2.31. The molecule has 2 saturated heterocycles. The van der Waals surface area contributed by atoms with Crippen LogP contribution >= 0.6 is 11.6 Å². The molecule has 1 saturated carbocycles. The normalized spacial score (nSPS) is 22.9. The Bertz CT molecular complexity index is 934. The van der Waals surface area contributed by atoms with Crippen molar-refractivity contribution in [2.24, 2.45) is 0 Å². The molecule has 1 N–H and O–H groups in total. The second-order valence-corrected chi connectivity index (χ2v) is 8.96. The number of halogens is 1. The minimum atomic E-state index is 0.146. The van der Waals surface area contributed by atoms with Gasteiger partial charge >= 0.3 is 0 Å². The number of anilines is 3. The number of hydrogen-bond acceptors (Lipinski definition) is 6. The van der Waals surface area contributed by atoms with Crippen molar-refractivity contribution in [3.8, 4) is 0 Å². The maximum absolute atomic E-state index is 12.0. The standard InChI is InChI=1S/C22H27ClN6O/c23-19-13-25-22(26-16-10-18(12-24-11-16)29-9-3-7-20(29)30)27-21(19)15-4-2-8-28(14-15)17-5-1-6-17/h10-13,15,17H,1-9,14H2,(H,25,26,27). The van der Waals surface area contributed by atoms with Gasteiger partial charge in [-0.05, 0) is 44.7 Å². The van der Waals surface area contributed by atoms with Crippen molar-refractivity contribution in [1.29, 1.82) is 0 Å². The summed E-state index contributed by atoms with van der Waals surface area (Å²) in [6, 6.07) is 2.67. The van der Waals surface area contributed by atoms with Crippen molar-refractivity contribution in [1.82, 2.24) is 19.9 Å². The summed E-state index contributed by atoms with van der Waals surface area (Å²) >= 11 is 6.51. The van der Waals surface area contributed by atoms with Gasteiger partial charge in [0.25, 0.3) is 0 Å². The van der Waals surface area contributed by atoms with E-state index in [1.165, 1.54) is 32.2 Å². The predicted octanol–water partition coefficient (Wildman–Crippen LogP) is 4.13. The smallest absolute Gasteiger partial charge is 0.227 e. The second kappa shape index (κ2) is 8.47. The largest absolute Gasteiger partial charge is 0.323 e. The molecule has 4 heterocycles. The van der Waals surface area contributed by atoms with E-state index in [4.69, 9.17) is 16.6 Å². The molecule has 2 aromatic rings. The molecule has 1 aliphatic carbocycles. The molecule has 3 fully saturated rings. The van der Waals surface area contributed by atoms with Gasteiger partial charge in [0.2, 0.25) is 11.9 Å². The Morgan fingerprint density at radius 3 is 2.73 bits per heavy atom. The molecule has 1 atom stereocenters. The molecule has 3 aliphatic rings. The molecule has 158 valence electrons. The zero-order valence-electron chi connectivity index (χ0n) is 17.1. The number of amides is 1. The first-order valence-electron chi connectivity index (χ1n) is 11.0. The number of nitrogens with zero attached hydrogens (tertiary/aromatic N) is 5. The Kier molecular flexibility index (Phi) is 5.56. The van der Waals surface area contributed by atoms with E-state index < -0.39 is 0 Å². The third-order valence-corrected chi connectivity index (χ3v) is 6.86. The van der Waals surface area contributed by atoms with Gasteiger partial charge < -0.3 is 10.2 Å². The van der Waals surface area contributed by atoms with Crippen LogP contribution in [0.4, 0.5) is 17.3 Å². The molecule has 2 aliphatic heterocycles. The maximum Gasteiger partial charge on any atom is 0.227 e. The Morgan fingerprint density at radius 2 is 1.97 bits per heavy atom. The van der Waals surface area contributed by atoms with Crippen LogP contribution in [0.5, 0.6) is 0 Å². The number of pyridine rings is 1. The predicted molar refractivity (Wildman–Crippen MR) is 117 cm³/mol. The molecule has 0 radical (unpaired) electrons. The summed E-state index contributed by atoms with van der Waals surface area (Å²) in [5, 5.41) is 3.89. The van der Waals surface area contributed by atoms with E-state index in [9.17, 15) is 4.79 Å². The van der Waals surface area contributed by atoms with Gasteiger partial charge in [-0.3, -0.25) is 14.7 Å². The first-order valence-corrected chi connectivity index (χ1v) is 11.3. The number of likely N-dealkylation sites (tertiary alicyclic amines) is 1. The van der Waals surface area contributed by atoms with Gasteiger partial charge in [0.15, 0.2) is 0 Å². The highest BCUT2D eigenvalue weighted by molar-refractivity contribution is 6.31. The Hall–Kier alpha value is -2.25. The lowest BCUT2D eigenvalue weighted by molar-refractivity contribution is -0.117. The first-order chi connectivity index (χ1) is 14.7. The third-order valence-electron chi connectivity index (χ3n) is 6.57. The van der Waals surface area contributed by atoms with Crippen LogP contribution in [-0.2, 0) is 4.79 Å². The number of piperidine rings is 1. The lowest BCUT2D eigenvalue weighted by atomic mass is 9.87. The minimum Gasteiger partial charge on any atom is -0.323 e. The molecule has 0 aromatic carbocycles. The quantitative estimate of drug-likeness (QED) is 0.774. The van der Waals surface area contributed by atoms with E-state index in [1.807, 2.05) is 6.07 Å². The third kappa shape index (κ3) is 4.01. The van der Waals surface area contributed by atoms with Gasteiger partial charge in [-0.25, -0.2) is 9.97 Å². The number of rotatable bonds is 5. The summed E-state index contributed by atoms with van der Waals surface area (Å²) in [6.45, 7) is 2.95. The van der Waals surface area contributed by atoms with Crippen molar-refractivity contribution in [3.05, 3.63) is 35.4 Å². The average Bonchev–Trinajstić information content (AvgIpc) is 3.15. The van der Waals surface area contributed by atoms with Crippen LogP contribution < -0.4 is 10.2 Å². The van der Waals surface area contributed by atoms with Crippen molar-refractivity contribution in [3.63, 3.8) is 0 Å². The van der Waals surface area contributed by atoms with Crippen LogP contribution in [0.25, 0.3) is 0 Å². The monoisotopic (exact) mass is 426 g/mol. The molecule has 1 amide bonds. The highest BCUT2D eigenvalue weighted by Crippen LogP contribution is 2.35. The average molecular weight is 427 g/mol. The van der Waals surface area contributed by atoms with Crippen molar-refractivity contribution >= 4 is 34.8 Å². The molecular weight excluding hydrogens is 400 g/mol. The number of carbonyl (C=O) groups excluding carboxylic acids is 1. The number of carbonyl (C=O) groups is 1. The maximum atomic E-state index is 12.0. The molecule has 5 rings (SSSR count). The number of hydrogen-bond donors (Lipinski definition) is 1. The number of nitrogens with one attached hydrogen (secondary N) is 1. The molecular formula is C22H27ClN6O. The van der Waals surface area contributed by atoms with Crippen LogP contribution in [0.3, 0.4) is 0 Å². The fourth-order valence-corrected chi connectivity index (χ4v) is 4.98. The fraction of sp³-hybridized carbons (Fsp3) is 0.545. The van der Waals surface area contributed by atoms with E-state index in [-0.39, 0.29) is 5.91 Å². The molecule has 0 spiro atoms. The summed E-state index contributed by atoms with van der Waals surface area (Å²) in [4.78, 5) is 29.9. The Balaban J connectivity index is 1.33. The van der Waals surface area contributed by atoms with Crippen LogP contribution in [0.2, 0.25) is 5.02 Å². The van der Waals surface area contributed by atoms with Gasteiger partial charge in [-0.2, -0.15) is 0 Å². The Morgan fingerprint density at radius 1 is 1.07 bits per heavy atom. The molecule has 8 heteroatoms. The SMILES string of the molecule is O=C1CCCN1c1cncc(Nc2ncc(Cl)c(C3CCCN(C4CCC4)C3)n2)c1. The van der Waals surface area contributed by atoms with Gasteiger partial charge in [-0.1, -0.05) is 18.0 Å². The number of aromatic nitrogens is 3. The van der Waals surface area contributed by atoms with Gasteiger partial charge in [0.05, 0.1) is 40.7 Å². The van der Waals surface area contributed by atoms with Gasteiger partial charge in [-0.15, -0.1) is 0 Å². The molecule has 1 unspecified atom stereocenters. The van der Waals surface area contributed by atoms with E-state index >= 15 is 0 Å². The summed E-state index contributed by atoms with van der Waals surface area (Å²) < 4.78 is 0. The van der Waals surface area contributed by atoms with E-state index in [2.05, 4.69) is 20.2 Å². The van der Waals surface area contributed by atoms with Crippen molar-refractivity contribution in [2.75, 3.05) is 29.9 Å². The van der Waals surface area contributed by atoms with E-state index in [0.717, 1.165) is 49.0 Å². The first kappa shape index (κ1) is 19.7. The topological polar surface area (TPSA) is 74.2 Å². The van der Waals surface area contributed by atoms with E-state index in [0.29, 0.717) is 23.3 Å². The summed E-state index contributed by atoms with van der Waals surface area (Å²) in [5.74, 6) is 0.997. The zero-order valence-corrected chi connectivity index (χ0v) is 17.8. The van der Waals surface area contributed by atoms with Gasteiger partial charge in [0.1, 0.15) is 0 Å². The highest BCUT2D eigenvalue weighted by atomic mass is 35.5. The van der Waals surface area contributed by atoms with E-state index in [1.54, 1.807) is 23.5 Å². The van der Waals surface area contributed by atoms with Crippen LogP contribution in [-0.4, -0.2) is 51.4 Å². The molecule has 2 aromatic heterocycles. The van der Waals surface area contributed by atoms with Crippen molar-refractivity contribution < 1.29 is 4.79 Å². The van der Waals surface area contributed by atoms with Crippen LogP contribution in [0.1, 0.15) is 56.6 Å². The summed E-state index contributed by atoms with van der Waals surface area (Å²) in [7, 11) is 0. The lowest BCUT2D eigenvalue weighted by Gasteiger charge is -2.42. The zero-order chi connectivity index (χ0) is 20.5. The fourth-order valence-electron chi connectivity index (χ4n) is 4.73. The van der Waals surface area contributed by atoms with Crippen molar-refractivity contribution in [2.45, 2.75) is 56.9 Å². The summed E-state index contributed by atoms with van der Waals surface area (Å²) in [5.41, 5.74) is 2.50. The summed E-state index contributed by atoms with van der Waals surface area (Å²) in [6.07, 6.45) is 12.9. The second-order valence-electron chi connectivity index (χ2n) is 8.55. The minimum absolute atomic E-state index is 0.146. The Labute approximate surface area is 181 Å². The molecule has 7 nitrogen and oxygen atoms in total. The molecule has 0 bridgehead atoms. The molecule has 30 heavy (non-hydrogen) atoms. The van der Waals surface area contributed by atoms with Crippen LogP contribution in [0.15, 0.2) is 24.7 Å².